The molecule has 1 unspecified atom stereocenters. The molecule has 1 aliphatic heterocycles. The number of likely N-dealkylation sites (tertiary alicyclic amines) is 1. The van der Waals surface area contributed by atoms with Crippen LogP contribution in [0.2, 0.25) is 0 Å². The summed E-state index contributed by atoms with van der Waals surface area (Å²) in [5, 5.41) is 24.0. The molecule has 1 aliphatic rings. The summed E-state index contributed by atoms with van der Waals surface area (Å²) >= 11 is 5.29. The molecule has 1 aromatic heterocycles. The van der Waals surface area contributed by atoms with Gasteiger partial charge in [-0.15, -0.1) is 11.8 Å². The van der Waals surface area contributed by atoms with Gasteiger partial charge < -0.3 is 55.6 Å². The predicted molar refractivity (Wildman–Crippen MR) is 240 cm³/mol. The molecule has 8 atom stereocenters. The number of carbonyl (C=O) groups excluding carboxylic acids is 9. The molecule has 7 N–H and O–H groups in total. The van der Waals surface area contributed by atoms with Gasteiger partial charge in [0, 0.05) is 50.3 Å². The predicted octanol–water partition coefficient (Wildman–Crippen LogP) is -0.241. The van der Waals surface area contributed by atoms with E-state index in [-0.39, 0.29) is 31.2 Å². The highest BCUT2D eigenvalue weighted by Crippen LogP contribution is 2.32. The fourth-order valence-electron chi connectivity index (χ4n) is 7.29. The van der Waals surface area contributed by atoms with E-state index in [0.29, 0.717) is 38.3 Å². The summed E-state index contributed by atoms with van der Waals surface area (Å²) in [6.07, 6.45) is 2.63. The number of aliphatic hydroxyl groups is 1. The average molecular weight is 918 g/mol. The summed E-state index contributed by atoms with van der Waals surface area (Å²) in [5.41, 5.74) is 1.91. The van der Waals surface area contributed by atoms with Crippen molar-refractivity contribution in [3.63, 3.8) is 0 Å². The number of hydrogen-bond acceptors (Lipinski definition) is 13. The maximum Gasteiger partial charge on any atom is 0.246 e. The van der Waals surface area contributed by atoms with E-state index in [1.54, 1.807) is 13.8 Å². The number of nitrogens with one attached hydrogen (secondary N) is 6. The van der Waals surface area contributed by atoms with Crippen molar-refractivity contribution >= 4 is 89.4 Å². The summed E-state index contributed by atoms with van der Waals surface area (Å²) in [6, 6.07) is 1.60. The van der Waals surface area contributed by atoms with Crippen molar-refractivity contribution < 1.29 is 48.3 Å². The molecule has 1 aromatic carbocycles. The topological polar surface area (TPSA) is 257 Å². The highest BCUT2D eigenvalue weighted by molar-refractivity contribution is 7.99. The number of carbonyl (C=O) groups is 9. The lowest BCUT2D eigenvalue weighted by Crippen LogP contribution is -2.58. The van der Waals surface area contributed by atoms with Gasteiger partial charge in [0.1, 0.15) is 36.7 Å². The number of hydrogen-bond donors (Lipinski definition) is 8. The Morgan fingerprint density at radius 3 is 2.25 bits per heavy atom. The zero-order valence-electron chi connectivity index (χ0n) is 37.0. The molecule has 1 fully saturated rings. The van der Waals surface area contributed by atoms with E-state index in [1.807, 2.05) is 49.7 Å². The van der Waals surface area contributed by atoms with E-state index in [9.17, 15) is 48.3 Å². The van der Waals surface area contributed by atoms with Gasteiger partial charge in [-0.1, -0.05) is 58.2 Å². The molecule has 0 aliphatic carbocycles. The maximum atomic E-state index is 14.0. The van der Waals surface area contributed by atoms with E-state index < -0.39 is 96.6 Å². The Morgan fingerprint density at radius 1 is 0.937 bits per heavy atom. The number of likely N-dealkylation sites (N-methyl/N-ethyl adjacent to an activating group) is 1. The highest BCUT2D eigenvalue weighted by atomic mass is 32.2. The van der Waals surface area contributed by atoms with Gasteiger partial charge in [-0.2, -0.15) is 0 Å². The number of aryl methyl sites for hydroxylation is 2. The first-order valence-electron chi connectivity index (χ1n) is 21.0. The zero-order valence-corrected chi connectivity index (χ0v) is 38.7. The fraction of sp³-hybridized carbons (Fsp3) is 0.595. The van der Waals surface area contributed by atoms with Crippen molar-refractivity contribution in [1.29, 1.82) is 0 Å². The van der Waals surface area contributed by atoms with Crippen LogP contribution >= 0.6 is 24.6 Å². The minimum absolute atomic E-state index is 0.00200. The first kappa shape index (κ1) is 52.4. The Balaban J connectivity index is 1.73. The van der Waals surface area contributed by atoms with Gasteiger partial charge in [0.05, 0.1) is 30.2 Å². The van der Waals surface area contributed by atoms with Crippen molar-refractivity contribution in [2.75, 3.05) is 39.0 Å². The summed E-state index contributed by atoms with van der Waals surface area (Å²) in [4.78, 5) is 119. The minimum atomic E-state index is -1.29. The zero-order chi connectivity index (χ0) is 47.0. The molecule has 0 bridgehead atoms. The van der Waals surface area contributed by atoms with Gasteiger partial charge >= 0.3 is 0 Å². The van der Waals surface area contributed by atoms with Crippen molar-refractivity contribution in [2.45, 2.75) is 108 Å². The Kier molecular flexibility index (Phi) is 21.1. The van der Waals surface area contributed by atoms with Crippen molar-refractivity contribution in [3.8, 4) is 0 Å². The van der Waals surface area contributed by atoms with E-state index >= 15 is 0 Å². The molecule has 0 radical (unpaired) electrons. The number of aliphatic hydroxyl groups excluding tert-OH is 1. The van der Waals surface area contributed by atoms with Crippen molar-refractivity contribution in [3.05, 3.63) is 29.8 Å². The lowest BCUT2D eigenvalue weighted by atomic mass is 9.97. The smallest absolute Gasteiger partial charge is 0.246 e. The molecule has 63 heavy (non-hydrogen) atoms. The second-order valence-corrected chi connectivity index (χ2v) is 17.2. The third-order valence-electron chi connectivity index (χ3n) is 11.3. The number of benzene rings is 1. The average Bonchev–Trinajstić information content (AvgIpc) is 3.84. The van der Waals surface area contributed by atoms with Crippen LogP contribution in [-0.4, -0.2) is 149 Å². The maximum absolute atomic E-state index is 14.0. The Labute approximate surface area is 377 Å². The van der Waals surface area contributed by atoms with Gasteiger partial charge in [-0.3, -0.25) is 38.3 Å². The molecule has 19 nitrogen and oxygen atoms in total. The van der Waals surface area contributed by atoms with Gasteiger partial charge in [0.15, 0.2) is 0 Å². The number of nitrogens with zero attached hydrogens (tertiary/aromatic N) is 3. The van der Waals surface area contributed by atoms with Crippen molar-refractivity contribution in [2.24, 2.45) is 18.9 Å². The summed E-state index contributed by atoms with van der Waals surface area (Å²) in [6.45, 7) is 7.77. The number of aromatic nitrogens is 1. The number of para-hydroxylation sites is 1. The van der Waals surface area contributed by atoms with E-state index in [4.69, 9.17) is 0 Å². The molecule has 0 spiro atoms. The van der Waals surface area contributed by atoms with Crippen LogP contribution in [-0.2, 0) is 50.2 Å². The lowest BCUT2D eigenvalue weighted by molar-refractivity contribution is -0.141. The SMILES string of the molecule is CC[C@H](C)C(NC(=O)CNC(=O)[C@H](C)NC(=O)[C@@H](NS)[C@@H](C)CCO)C(=O)N(C)CC(=O)N[C@@H](CSc1c(C)c2ccccc2n1C)C(=O)N[C@@H](CC=O)C(=O)N1CCC[C@H]1C=O. The molecule has 21 heteroatoms. The number of thiol groups is 1. The number of rotatable bonds is 25. The largest absolute Gasteiger partial charge is 0.396 e. The van der Waals surface area contributed by atoms with E-state index in [1.165, 1.54) is 30.6 Å². The summed E-state index contributed by atoms with van der Waals surface area (Å²) in [5.74, 6) is -5.27. The van der Waals surface area contributed by atoms with E-state index in [2.05, 4.69) is 44.1 Å². The van der Waals surface area contributed by atoms with Crippen LogP contribution < -0.4 is 31.3 Å². The molecular formula is C42H63N9O10S2. The number of aldehydes is 2. The fourth-order valence-corrected chi connectivity index (χ4v) is 8.84. The summed E-state index contributed by atoms with van der Waals surface area (Å²) < 4.78 is 4.54. The van der Waals surface area contributed by atoms with Crippen LogP contribution in [0.3, 0.4) is 0 Å². The molecular weight excluding hydrogens is 855 g/mol. The third-order valence-corrected chi connectivity index (χ3v) is 13.0. The third kappa shape index (κ3) is 14.3. The minimum Gasteiger partial charge on any atom is -0.396 e. The Bertz CT molecular complexity index is 1930. The van der Waals surface area contributed by atoms with Crippen LogP contribution in [0.15, 0.2) is 29.3 Å². The quantitative estimate of drug-likeness (QED) is 0.0365. The normalized spacial score (nSPS) is 17.0. The summed E-state index contributed by atoms with van der Waals surface area (Å²) in [7, 11) is 3.25. The molecule has 2 aromatic rings. The second kappa shape index (κ2) is 25.3. The second-order valence-electron chi connectivity index (χ2n) is 15.9. The molecule has 7 amide bonds. The standard InChI is InChI=1S/C42H63N9O10S2/c1-8-24(2)36(47-33(55)20-43-37(57)27(5)44-39(59)35(48-62)25(3)15-18-52)41(61)49(6)21-34(56)45-31(23-63-42-26(4)29-13-9-10-14-32(29)50(42)7)38(58)46-30(16-19-53)40(60)51-17-11-12-28(51)22-54/h9-10,13-14,19,22,24-25,27-28,30-31,35-36,48,52,62H,8,11-12,15-18,20-21,23H2,1-7H3,(H,43,57)(H,44,59)(H,45,56)(H,46,58)(H,47,55)/t24-,25-,27-,28-,30-,31-,35-,36?/m0/s1. The first-order chi connectivity index (χ1) is 29.9. The van der Waals surface area contributed by atoms with Gasteiger partial charge in [-0.05, 0) is 56.6 Å². The van der Waals surface area contributed by atoms with Crippen LogP contribution in [0.25, 0.3) is 10.9 Å². The van der Waals surface area contributed by atoms with Crippen LogP contribution in [0, 0.1) is 18.8 Å². The molecule has 348 valence electrons. The number of thioether (sulfide) groups is 1. The number of fused-ring (bicyclic) bond motifs is 1. The molecule has 2 heterocycles. The molecule has 0 saturated carbocycles. The Hall–Kier alpha value is -4.99. The Morgan fingerprint density at radius 2 is 1.63 bits per heavy atom. The van der Waals surface area contributed by atoms with Gasteiger partial charge in [0.25, 0.3) is 0 Å². The highest BCUT2D eigenvalue weighted by Gasteiger charge is 2.36. The van der Waals surface area contributed by atoms with Gasteiger partial charge in [-0.25, -0.2) is 0 Å². The molecule has 3 rings (SSSR count). The van der Waals surface area contributed by atoms with Crippen LogP contribution in [0.5, 0.6) is 0 Å². The van der Waals surface area contributed by atoms with E-state index in [0.717, 1.165) is 26.4 Å². The van der Waals surface area contributed by atoms with Crippen molar-refractivity contribution in [1.82, 2.24) is 45.7 Å². The first-order valence-corrected chi connectivity index (χ1v) is 22.5. The van der Waals surface area contributed by atoms with Crippen LogP contribution in [0.4, 0.5) is 0 Å². The monoisotopic (exact) mass is 917 g/mol. The number of amides is 7. The van der Waals surface area contributed by atoms with Crippen LogP contribution in [0.1, 0.15) is 65.4 Å². The molecule has 1 saturated heterocycles. The lowest BCUT2D eigenvalue weighted by Gasteiger charge is -2.29. The van der Waals surface area contributed by atoms with Gasteiger partial charge in [0.2, 0.25) is 41.4 Å².